The number of carbonyl (C=O) groups excluding carboxylic acids is 1. The van der Waals surface area contributed by atoms with Crippen molar-refractivity contribution in [2.24, 2.45) is 0 Å². The van der Waals surface area contributed by atoms with Crippen LogP contribution in [0.2, 0.25) is 5.02 Å². The van der Waals surface area contributed by atoms with Crippen LogP contribution in [0.1, 0.15) is 33.3 Å². The maximum Gasteiger partial charge on any atom is 0.407 e. The Morgan fingerprint density at radius 1 is 1.43 bits per heavy atom. The third-order valence-electron chi connectivity index (χ3n) is 2.61. The highest BCUT2D eigenvalue weighted by Crippen LogP contribution is 2.21. The molecule has 0 saturated heterocycles. The lowest BCUT2D eigenvalue weighted by Crippen LogP contribution is -2.41. The van der Waals surface area contributed by atoms with E-state index in [2.05, 4.69) is 26.6 Å². The van der Waals surface area contributed by atoms with E-state index >= 15 is 0 Å². The summed E-state index contributed by atoms with van der Waals surface area (Å²) >= 11 is 9.38. The predicted molar refractivity (Wildman–Crippen MR) is 89.7 cm³/mol. The average molecular weight is 378 g/mol. The third-order valence-corrected chi connectivity index (χ3v) is 3.58. The van der Waals surface area contributed by atoms with Crippen LogP contribution in [0, 0.1) is 0 Å². The van der Waals surface area contributed by atoms with Gasteiger partial charge in [-0.05, 0) is 45.4 Å². The third kappa shape index (κ3) is 7.69. The Morgan fingerprint density at radius 2 is 2.10 bits per heavy atom. The molecule has 4 nitrogen and oxygen atoms in total. The summed E-state index contributed by atoms with van der Waals surface area (Å²) in [7, 11) is 0. The molecular formula is C15H22BrClN2O2. The van der Waals surface area contributed by atoms with Crippen molar-refractivity contribution in [3.05, 3.63) is 33.3 Å². The molecular weight excluding hydrogens is 356 g/mol. The fourth-order valence-corrected chi connectivity index (χ4v) is 2.39. The van der Waals surface area contributed by atoms with Gasteiger partial charge in [-0.25, -0.2) is 4.79 Å². The Bertz CT molecular complexity index is 489. The number of rotatable bonds is 5. The second-order valence-corrected chi connectivity index (χ2v) is 7.19. The molecule has 1 atom stereocenters. The van der Waals surface area contributed by atoms with Gasteiger partial charge in [0.2, 0.25) is 0 Å². The fraction of sp³-hybridized carbons (Fsp3) is 0.533. The molecule has 0 spiro atoms. The van der Waals surface area contributed by atoms with Gasteiger partial charge in [-0.1, -0.05) is 33.6 Å². The van der Waals surface area contributed by atoms with E-state index in [1.165, 1.54) is 0 Å². The molecule has 0 saturated carbocycles. The first-order chi connectivity index (χ1) is 9.67. The molecule has 118 valence electrons. The fourth-order valence-electron chi connectivity index (χ4n) is 1.57. The molecule has 0 bridgehead atoms. The number of amides is 1. The SMILES string of the molecule is CC(CNC(=O)OC(C)(C)C)NCc1ccc(Cl)cc1Br. The molecule has 1 aromatic rings. The van der Waals surface area contributed by atoms with Crippen molar-refractivity contribution < 1.29 is 9.53 Å². The summed E-state index contributed by atoms with van der Waals surface area (Å²) < 4.78 is 6.15. The van der Waals surface area contributed by atoms with Crippen molar-refractivity contribution in [1.29, 1.82) is 0 Å². The standard InChI is InChI=1S/C15H22BrClN2O2/c1-10(8-19-14(20)21-15(2,3)4)18-9-11-5-6-12(17)7-13(11)16/h5-7,10,18H,8-9H2,1-4H3,(H,19,20). The second-order valence-electron chi connectivity index (χ2n) is 5.90. The molecule has 0 radical (unpaired) electrons. The molecule has 1 unspecified atom stereocenters. The Morgan fingerprint density at radius 3 is 2.67 bits per heavy atom. The molecule has 0 aliphatic rings. The highest BCUT2D eigenvalue weighted by molar-refractivity contribution is 9.10. The van der Waals surface area contributed by atoms with Crippen molar-refractivity contribution in [2.75, 3.05) is 6.54 Å². The molecule has 0 aromatic heterocycles. The Labute approximate surface area is 139 Å². The summed E-state index contributed by atoms with van der Waals surface area (Å²) in [6, 6.07) is 5.81. The highest BCUT2D eigenvalue weighted by Gasteiger charge is 2.16. The first kappa shape index (κ1) is 18.3. The van der Waals surface area contributed by atoms with Crippen LogP contribution in [0.15, 0.2) is 22.7 Å². The van der Waals surface area contributed by atoms with Crippen LogP contribution < -0.4 is 10.6 Å². The maximum absolute atomic E-state index is 11.5. The Balaban J connectivity index is 2.34. The number of carbonyl (C=O) groups is 1. The molecule has 0 aliphatic carbocycles. The number of halogens is 2. The number of nitrogens with one attached hydrogen (secondary N) is 2. The molecule has 0 fully saturated rings. The molecule has 21 heavy (non-hydrogen) atoms. The smallest absolute Gasteiger partial charge is 0.407 e. The van der Waals surface area contributed by atoms with E-state index < -0.39 is 11.7 Å². The van der Waals surface area contributed by atoms with E-state index in [9.17, 15) is 4.79 Å². The van der Waals surface area contributed by atoms with Gasteiger partial charge in [0.15, 0.2) is 0 Å². The van der Waals surface area contributed by atoms with Crippen LogP contribution in [0.3, 0.4) is 0 Å². The van der Waals surface area contributed by atoms with E-state index in [1.54, 1.807) is 0 Å². The van der Waals surface area contributed by atoms with Crippen LogP contribution >= 0.6 is 27.5 Å². The molecule has 1 rings (SSSR count). The zero-order valence-electron chi connectivity index (χ0n) is 12.8. The van der Waals surface area contributed by atoms with Gasteiger partial charge in [-0.15, -0.1) is 0 Å². The quantitative estimate of drug-likeness (QED) is 0.812. The molecule has 6 heteroatoms. The first-order valence-electron chi connectivity index (χ1n) is 6.81. The summed E-state index contributed by atoms with van der Waals surface area (Å²) in [6.45, 7) is 8.71. The van der Waals surface area contributed by atoms with Gasteiger partial charge in [0, 0.05) is 28.6 Å². The van der Waals surface area contributed by atoms with Gasteiger partial charge in [-0.3, -0.25) is 0 Å². The number of hydrogen-bond donors (Lipinski definition) is 2. The Kier molecular flexibility index (Phi) is 6.97. The van der Waals surface area contributed by atoms with Crippen LogP contribution in [0.25, 0.3) is 0 Å². The summed E-state index contributed by atoms with van der Waals surface area (Å²) in [4.78, 5) is 11.5. The molecule has 2 N–H and O–H groups in total. The van der Waals surface area contributed by atoms with Gasteiger partial charge < -0.3 is 15.4 Å². The van der Waals surface area contributed by atoms with E-state index in [-0.39, 0.29) is 6.04 Å². The summed E-state index contributed by atoms with van der Waals surface area (Å²) in [5, 5.41) is 6.78. The van der Waals surface area contributed by atoms with E-state index in [0.717, 1.165) is 10.0 Å². The lowest BCUT2D eigenvalue weighted by Gasteiger charge is -2.21. The van der Waals surface area contributed by atoms with Crippen molar-refractivity contribution in [3.8, 4) is 0 Å². The largest absolute Gasteiger partial charge is 0.444 e. The van der Waals surface area contributed by atoms with Crippen LogP contribution in [-0.4, -0.2) is 24.3 Å². The van der Waals surface area contributed by atoms with Crippen LogP contribution in [-0.2, 0) is 11.3 Å². The average Bonchev–Trinajstić information content (AvgIpc) is 2.33. The first-order valence-corrected chi connectivity index (χ1v) is 7.98. The van der Waals surface area contributed by atoms with Crippen molar-refractivity contribution in [1.82, 2.24) is 10.6 Å². The normalized spacial score (nSPS) is 12.9. The minimum absolute atomic E-state index is 0.125. The number of hydrogen-bond acceptors (Lipinski definition) is 3. The lowest BCUT2D eigenvalue weighted by atomic mass is 10.2. The van der Waals surface area contributed by atoms with E-state index in [4.69, 9.17) is 16.3 Å². The van der Waals surface area contributed by atoms with Crippen molar-refractivity contribution in [3.63, 3.8) is 0 Å². The Hall–Kier alpha value is -0.780. The lowest BCUT2D eigenvalue weighted by molar-refractivity contribution is 0.0523. The summed E-state index contributed by atoms with van der Waals surface area (Å²) in [5.74, 6) is 0. The number of alkyl carbamates (subject to hydrolysis) is 1. The topological polar surface area (TPSA) is 50.4 Å². The van der Waals surface area contributed by atoms with E-state index in [1.807, 2.05) is 45.9 Å². The summed E-state index contributed by atoms with van der Waals surface area (Å²) in [6.07, 6.45) is -0.399. The molecule has 1 aromatic carbocycles. The highest BCUT2D eigenvalue weighted by atomic mass is 79.9. The summed E-state index contributed by atoms with van der Waals surface area (Å²) in [5.41, 5.74) is 0.637. The van der Waals surface area contributed by atoms with Gasteiger partial charge in [0.25, 0.3) is 0 Å². The molecule has 0 aliphatic heterocycles. The van der Waals surface area contributed by atoms with Gasteiger partial charge >= 0.3 is 6.09 Å². The van der Waals surface area contributed by atoms with E-state index in [0.29, 0.717) is 18.1 Å². The second kappa shape index (κ2) is 8.01. The minimum Gasteiger partial charge on any atom is -0.444 e. The zero-order valence-corrected chi connectivity index (χ0v) is 15.1. The van der Waals surface area contributed by atoms with Gasteiger partial charge in [0.1, 0.15) is 5.60 Å². The van der Waals surface area contributed by atoms with Crippen LogP contribution in [0.5, 0.6) is 0 Å². The maximum atomic E-state index is 11.5. The zero-order chi connectivity index (χ0) is 16.0. The minimum atomic E-state index is -0.477. The van der Waals surface area contributed by atoms with Gasteiger partial charge in [-0.2, -0.15) is 0 Å². The monoisotopic (exact) mass is 376 g/mol. The van der Waals surface area contributed by atoms with Crippen molar-refractivity contribution >= 4 is 33.6 Å². The predicted octanol–water partition coefficient (Wildman–Crippen LogP) is 4.11. The van der Waals surface area contributed by atoms with Crippen molar-refractivity contribution in [2.45, 2.75) is 45.9 Å². The van der Waals surface area contributed by atoms with Gasteiger partial charge in [0.05, 0.1) is 0 Å². The molecule has 1 amide bonds. The van der Waals surface area contributed by atoms with Crippen LogP contribution in [0.4, 0.5) is 4.79 Å². The molecule has 0 heterocycles. The number of ether oxygens (including phenoxy) is 1. The number of benzene rings is 1.